The number of fused-ring (bicyclic) bond motifs is 2. The summed E-state index contributed by atoms with van der Waals surface area (Å²) in [5.41, 5.74) is -2.61. The van der Waals surface area contributed by atoms with Gasteiger partial charge in [0, 0.05) is 20.0 Å². The number of esters is 1. The maximum absolute atomic E-state index is 14.8. The molecule has 4 aliphatic heterocycles. The van der Waals surface area contributed by atoms with Gasteiger partial charge in [-0.15, -0.1) is 0 Å². The third kappa shape index (κ3) is 2.54. The van der Waals surface area contributed by atoms with E-state index in [1.54, 1.807) is 12.1 Å². The molecule has 1 N–H and O–H groups in total. The van der Waals surface area contributed by atoms with Crippen LogP contribution < -0.4 is 14.4 Å². The first-order valence-electron chi connectivity index (χ1n) is 12.1. The van der Waals surface area contributed by atoms with Gasteiger partial charge < -0.3 is 33.7 Å². The lowest BCUT2D eigenvalue weighted by atomic mass is 9.55. The Morgan fingerprint density at radius 2 is 1.97 bits per heavy atom. The van der Waals surface area contributed by atoms with E-state index in [9.17, 15) is 19.5 Å². The summed E-state index contributed by atoms with van der Waals surface area (Å²) < 4.78 is 29.3. The van der Waals surface area contributed by atoms with Gasteiger partial charge in [-0.05, 0) is 51.5 Å². The van der Waals surface area contributed by atoms with E-state index in [1.165, 1.54) is 33.0 Å². The van der Waals surface area contributed by atoms with Gasteiger partial charge in [0.15, 0.2) is 23.1 Å². The molecule has 6 rings (SSSR count). The van der Waals surface area contributed by atoms with Gasteiger partial charge >= 0.3 is 5.97 Å². The zero-order valence-corrected chi connectivity index (χ0v) is 20.9. The lowest BCUT2D eigenvalue weighted by Crippen LogP contribution is -2.76. The minimum Gasteiger partial charge on any atom is -0.493 e. The Hall–Kier alpha value is -2.73. The van der Waals surface area contributed by atoms with Crippen LogP contribution in [0.3, 0.4) is 0 Å². The highest BCUT2D eigenvalue weighted by Crippen LogP contribution is 2.70. The number of carbonyl (C=O) groups is 3. The third-order valence-electron chi connectivity index (χ3n) is 8.66. The summed E-state index contributed by atoms with van der Waals surface area (Å²) in [6.45, 7) is 3.85. The van der Waals surface area contributed by atoms with Gasteiger partial charge in [-0.25, -0.2) is 0 Å². The van der Waals surface area contributed by atoms with Gasteiger partial charge in [0.05, 0.1) is 18.7 Å². The second-order valence-electron chi connectivity index (χ2n) is 10.5. The maximum atomic E-state index is 14.8. The van der Waals surface area contributed by atoms with Crippen LogP contribution in [-0.2, 0) is 34.0 Å². The summed E-state index contributed by atoms with van der Waals surface area (Å²) in [5.74, 6) is -4.23. The number of hydrogen-bond donors (Lipinski definition) is 1. The van der Waals surface area contributed by atoms with E-state index < -0.39 is 53.0 Å². The second kappa shape index (κ2) is 7.41. The lowest BCUT2D eigenvalue weighted by molar-refractivity contribution is -0.233. The van der Waals surface area contributed by atoms with E-state index in [0.29, 0.717) is 36.5 Å². The number of methoxy groups -OCH3 is 2. The molecular weight excluding hydrogens is 472 g/mol. The monoisotopic (exact) mass is 502 g/mol. The number of nitrogens with zero attached hydrogens (tertiary/aromatic N) is 2. The highest BCUT2D eigenvalue weighted by atomic mass is 16.7. The van der Waals surface area contributed by atoms with E-state index in [2.05, 4.69) is 4.90 Å². The molecule has 1 aromatic rings. The van der Waals surface area contributed by atoms with E-state index >= 15 is 0 Å². The first-order valence-corrected chi connectivity index (χ1v) is 12.1. The van der Waals surface area contributed by atoms with Crippen molar-refractivity contribution < 1.29 is 43.2 Å². The average molecular weight is 503 g/mol. The zero-order chi connectivity index (χ0) is 25.8. The van der Waals surface area contributed by atoms with Crippen molar-refractivity contribution in [1.29, 1.82) is 0 Å². The van der Waals surface area contributed by atoms with Crippen LogP contribution >= 0.6 is 0 Å². The fourth-order valence-electron chi connectivity index (χ4n) is 7.38. The van der Waals surface area contributed by atoms with E-state index in [1.807, 2.05) is 7.05 Å². The molecular formula is C25H30N2O9. The number of aliphatic hydroxyl groups is 1. The number of amides is 1. The number of Topliss-reactive ketones (excluding diaryl/α,β-unsaturated/α-hetero) is 1. The molecule has 0 unspecified atom stereocenters. The molecule has 11 nitrogen and oxygen atoms in total. The van der Waals surface area contributed by atoms with Crippen molar-refractivity contribution in [3.8, 4) is 11.5 Å². The van der Waals surface area contributed by atoms with Gasteiger partial charge in [0.25, 0.3) is 12.2 Å². The van der Waals surface area contributed by atoms with Crippen molar-refractivity contribution >= 4 is 23.3 Å². The van der Waals surface area contributed by atoms with Crippen LogP contribution in [-0.4, -0.2) is 85.9 Å². The fraction of sp³-hybridized carbons (Fsp3) is 0.640. The van der Waals surface area contributed by atoms with Gasteiger partial charge in [0.1, 0.15) is 11.5 Å². The standard InChI is InChI=1S/C25H30N2O9/c1-12(28)35-25-20-13-8-10-26(3)11-9-24(25,19(29)16(13)23(2,31)36-20)14-6-7-15(32-4)18-17(14)27(25)21(30)22(33-5)34-18/h6-7,13,16,20,22,31H,8-11H2,1-5H3/t13-,16-,20+,22-,23+,24-,25-/m0/s1. The predicted octanol–water partition coefficient (Wildman–Crippen LogP) is 0.552. The zero-order valence-electron chi connectivity index (χ0n) is 20.9. The largest absolute Gasteiger partial charge is 0.493 e. The molecule has 3 fully saturated rings. The van der Waals surface area contributed by atoms with Crippen LogP contribution in [0.4, 0.5) is 5.69 Å². The Bertz CT molecular complexity index is 1180. The summed E-state index contributed by atoms with van der Waals surface area (Å²) in [5, 5.41) is 11.4. The third-order valence-corrected chi connectivity index (χ3v) is 8.66. The van der Waals surface area contributed by atoms with E-state index in [0.717, 1.165) is 0 Å². The Morgan fingerprint density at radius 1 is 1.22 bits per heavy atom. The normalized spacial score (nSPS) is 40.7. The minimum atomic E-state index is -1.89. The van der Waals surface area contributed by atoms with Crippen LogP contribution in [0.5, 0.6) is 11.5 Å². The lowest BCUT2D eigenvalue weighted by Gasteiger charge is -2.54. The molecule has 0 aromatic heterocycles. The molecule has 1 amide bonds. The number of hydrogen-bond acceptors (Lipinski definition) is 10. The number of anilines is 1. The van der Waals surface area contributed by atoms with Crippen molar-refractivity contribution in [2.24, 2.45) is 11.8 Å². The maximum Gasteiger partial charge on any atom is 0.304 e. The molecule has 0 radical (unpaired) electrons. The summed E-state index contributed by atoms with van der Waals surface area (Å²) in [6.07, 6.45) is -1.61. The number of benzene rings is 1. The quantitative estimate of drug-likeness (QED) is 0.586. The van der Waals surface area contributed by atoms with Gasteiger partial charge in [0.2, 0.25) is 5.72 Å². The second-order valence-corrected chi connectivity index (χ2v) is 10.5. The number of ketones is 1. The molecule has 4 heterocycles. The molecule has 1 aromatic carbocycles. The van der Waals surface area contributed by atoms with Crippen LogP contribution in [0.15, 0.2) is 12.1 Å². The molecule has 1 saturated carbocycles. The van der Waals surface area contributed by atoms with Crippen LogP contribution in [0.25, 0.3) is 0 Å². The first-order chi connectivity index (χ1) is 17.0. The minimum absolute atomic E-state index is 0.221. The molecule has 5 aliphatic rings. The van der Waals surface area contributed by atoms with Crippen molar-refractivity contribution in [1.82, 2.24) is 4.90 Å². The van der Waals surface area contributed by atoms with Gasteiger partial charge in [-0.1, -0.05) is 6.07 Å². The smallest absolute Gasteiger partial charge is 0.304 e. The van der Waals surface area contributed by atoms with Crippen molar-refractivity contribution in [3.63, 3.8) is 0 Å². The Balaban J connectivity index is 1.76. The Labute approximate surface area is 208 Å². The van der Waals surface area contributed by atoms with E-state index in [-0.39, 0.29) is 18.0 Å². The highest BCUT2D eigenvalue weighted by Gasteiger charge is 2.84. The highest BCUT2D eigenvalue weighted by molar-refractivity contribution is 6.11. The fourth-order valence-corrected chi connectivity index (χ4v) is 7.38. The summed E-state index contributed by atoms with van der Waals surface area (Å²) in [6, 6.07) is 3.40. The Morgan fingerprint density at radius 3 is 2.64 bits per heavy atom. The van der Waals surface area contributed by atoms with Crippen molar-refractivity contribution in [3.05, 3.63) is 17.7 Å². The molecule has 11 heteroatoms. The van der Waals surface area contributed by atoms with Crippen molar-refractivity contribution in [2.75, 3.05) is 39.3 Å². The first kappa shape index (κ1) is 23.7. The molecule has 4 bridgehead atoms. The SMILES string of the molecule is COc1ccc2c3c1O[C@H](OC)C(=O)N3[C@]1(OC(C)=O)[C@@H]3O[C@@](C)(O)[C@@H]4C(=O)[C@]21CCN(C)CC[C@H]34. The molecule has 1 spiro atoms. The molecule has 7 atom stereocenters. The molecule has 36 heavy (non-hydrogen) atoms. The molecule has 2 saturated heterocycles. The molecule has 194 valence electrons. The summed E-state index contributed by atoms with van der Waals surface area (Å²) in [7, 11) is 4.76. The summed E-state index contributed by atoms with van der Waals surface area (Å²) >= 11 is 0. The van der Waals surface area contributed by atoms with Gasteiger partial charge in [-0.2, -0.15) is 0 Å². The Kier molecular flexibility index (Phi) is 4.87. The topological polar surface area (TPSA) is 124 Å². The number of carbonyl (C=O) groups excluding carboxylic acids is 3. The summed E-state index contributed by atoms with van der Waals surface area (Å²) in [4.78, 5) is 45.0. The average Bonchev–Trinajstić information content (AvgIpc) is 3.25. The van der Waals surface area contributed by atoms with Crippen LogP contribution in [0.2, 0.25) is 0 Å². The van der Waals surface area contributed by atoms with Crippen LogP contribution in [0, 0.1) is 11.8 Å². The number of rotatable bonds is 3. The van der Waals surface area contributed by atoms with E-state index in [4.69, 9.17) is 23.7 Å². The van der Waals surface area contributed by atoms with Crippen molar-refractivity contribution in [2.45, 2.75) is 56.0 Å². The molecule has 1 aliphatic carbocycles. The number of ether oxygens (including phenoxy) is 5. The predicted molar refractivity (Wildman–Crippen MR) is 122 cm³/mol. The van der Waals surface area contributed by atoms with Gasteiger partial charge in [-0.3, -0.25) is 19.3 Å². The van der Waals surface area contributed by atoms with Crippen LogP contribution in [0.1, 0.15) is 32.3 Å².